The Hall–Kier alpha value is -5.16. The molecule has 3 heterocycles. The third kappa shape index (κ3) is 4.96. The minimum absolute atomic E-state index is 0.0340. The van der Waals surface area contributed by atoms with E-state index < -0.39 is 15.6 Å². The van der Waals surface area contributed by atoms with Crippen LogP contribution in [0.2, 0.25) is 0 Å². The molecule has 234 valence electrons. The number of nitrogens with one attached hydrogen (secondary N) is 1. The largest absolute Gasteiger partial charge is 0.454 e. The Morgan fingerprint density at radius 1 is 0.978 bits per heavy atom. The first-order valence-corrected chi connectivity index (χ1v) is 16.6. The molecule has 0 bridgehead atoms. The average molecular weight is 636 g/mol. The number of amides is 1. The van der Waals surface area contributed by atoms with E-state index in [0.29, 0.717) is 39.4 Å². The normalized spacial score (nSPS) is 13.6. The summed E-state index contributed by atoms with van der Waals surface area (Å²) in [4.78, 5) is 31.2. The van der Waals surface area contributed by atoms with E-state index >= 15 is 0 Å². The molecule has 0 saturated heterocycles. The number of benzene rings is 3. The molecule has 1 fully saturated rings. The summed E-state index contributed by atoms with van der Waals surface area (Å²) in [6, 6.07) is 21.3. The lowest BCUT2D eigenvalue weighted by atomic mass is 9.85. The lowest BCUT2D eigenvalue weighted by molar-refractivity contribution is -0.127. The number of rotatable bonds is 8. The number of pyridine rings is 1. The van der Waals surface area contributed by atoms with E-state index in [1.165, 1.54) is 22.9 Å². The smallest absolute Gasteiger partial charge is 0.275 e. The van der Waals surface area contributed by atoms with Crippen LogP contribution in [0.25, 0.3) is 33.1 Å². The second-order valence-corrected chi connectivity index (χ2v) is 13.6. The molecule has 10 nitrogen and oxygen atoms in total. The second-order valence-electron chi connectivity index (χ2n) is 11.8. The zero-order valence-corrected chi connectivity index (χ0v) is 26.5. The maximum Gasteiger partial charge on any atom is 0.275 e. The predicted molar refractivity (Wildman–Crippen MR) is 176 cm³/mol. The number of aromatic nitrogens is 4. The van der Waals surface area contributed by atoms with Crippen molar-refractivity contribution in [1.82, 2.24) is 23.4 Å². The van der Waals surface area contributed by atoms with Gasteiger partial charge >= 0.3 is 0 Å². The van der Waals surface area contributed by atoms with E-state index in [0.717, 1.165) is 34.3 Å². The maximum atomic E-state index is 13.8. The lowest BCUT2D eigenvalue weighted by Crippen LogP contribution is -2.34. The number of hydrogen-bond acceptors (Lipinski definition) is 6. The van der Waals surface area contributed by atoms with E-state index in [1.54, 1.807) is 31.4 Å². The van der Waals surface area contributed by atoms with E-state index in [4.69, 9.17) is 9.72 Å². The van der Waals surface area contributed by atoms with Crippen LogP contribution in [-0.2, 0) is 35.5 Å². The van der Waals surface area contributed by atoms with Crippen molar-refractivity contribution in [2.24, 2.45) is 20.0 Å². The zero-order valence-electron chi connectivity index (χ0n) is 25.7. The number of nitrogens with zero attached hydrogens (tertiary/aromatic N) is 4. The highest BCUT2D eigenvalue weighted by molar-refractivity contribution is 7.90. The number of aryl methyl sites for hydroxylation is 3. The van der Waals surface area contributed by atoms with E-state index in [9.17, 15) is 18.0 Å². The molecule has 1 aliphatic rings. The first kappa shape index (κ1) is 29.5. The van der Waals surface area contributed by atoms with Crippen LogP contribution < -0.4 is 15.6 Å². The molecule has 0 unspecified atom stereocenters. The summed E-state index contributed by atoms with van der Waals surface area (Å²) in [5.41, 5.74) is 3.11. The van der Waals surface area contributed by atoms with E-state index in [2.05, 4.69) is 5.32 Å². The number of hydrogen-bond donors (Lipinski definition) is 1. The van der Waals surface area contributed by atoms with Crippen LogP contribution in [-0.4, -0.2) is 32.4 Å². The highest BCUT2D eigenvalue weighted by Crippen LogP contribution is 2.42. The second kappa shape index (κ2) is 11.3. The SMILES string of the molecule is Cc1ccc(S(=O)(=O)n2ccc3c(-c4ccc5c(nc(CNC(=O)C6CCC6)n5C)c4Oc4ccccc4)cn(C)c(=O)c32)cc1. The fraction of sp³-hybridized carbons (Fsp3) is 0.229. The van der Waals surface area contributed by atoms with Gasteiger partial charge in [0.15, 0.2) is 5.75 Å². The van der Waals surface area contributed by atoms with Crippen LogP contribution in [0.1, 0.15) is 30.7 Å². The third-order valence-electron chi connectivity index (χ3n) is 8.82. The van der Waals surface area contributed by atoms with Gasteiger partial charge in [-0.25, -0.2) is 17.4 Å². The summed E-state index contributed by atoms with van der Waals surface area (Å²) in [5, 5.41) is 3.49. The maximum absolute atomic E-state index is 13.8. The quantitative estimate of drug-likeness (QED) is 0.231. The minimum atomic E-state index is -4.07. The van der Waals surface area contributed by atoms with Crippen molar-refractivity contribution in [3.63, 3.8) is 0 Å². The van der Waals surface area contributed by atoms with Crippen molar-refractivity contribution in [2.75, 3.05) is 0 Å². The van der Waals surface area contributed by atoms with Gasteiger partial charge in [0.05, 0.1) is 17.0 Å². The van der Waals surface area contributed by atoms with Gasteiger partial charge in [0.25, 0.3) is 15.6 Å². The highest BCUT2D eigenvalue weighted by Gasteiger charge is 2.27. The molecule has 0 radical (unpaired) electrons. The van der Waals surface area contributed by atoms with Gasteiger partial charge in [0.2, 0.25) is 5.91 Å². The molecule has 1 amide bonds. The predicted octanol–water partition coefficient (Wildman–Crippen LogP) is 5.65. The molecule has 3 aromatic heterocycles. The molecule has 0 atom stereocenters. The summed E-state index contributed by atoms with van der Waals surface area (Å²) in [5.74, 6) is 1.80. The topological polar surface area (TPSA) is 117 Å². The van der Waals surface area contributed by atoms with Crippen molar-refractivity contribution in [3.8, 4) is 22.6 Å². The van der Waals surface area contributed by atoms with Crippen molar-refractivity contribution in [1.29, 1.82) is 0 Å². The molecule has 0 spiro atoms. The molecular formula is C35H33N5O5S. The van der Waals surface area contributed by atoms with Gasteiger partial charge in [-0.1, -0.05) is 42.3 Å². The fourth-order valence-corrected chi connectivity index (χ4v) is 7.26. The van der Waals surface area contributed by atoms with Crippen molar-refractivity contribution >= 4 is 37.9 Å². The van der Waals surface area contributed by atoms with Gasteiger partial charge in [0.1, 0.15) is 22.6 Å². The number of fused-ring (bicyclic) bond motifs is 2. The molecule has 1 N–H and O–H groups in total. The van der Waals surface area contributed by atoms with Gasteiger partial charge in [-0.2, -0.15) is 0 Å². The zero-order chi connectivity index (χ0) is 32.2. The Bertz CT molecular complexity index is 2300. The Morgan fingerprint density at radius 3 is 2.41 bits per heavy atom. The van der Waals surface area contributed by atoms with Crippen LogP contribution in [0.3, 0.4) is 0 Å². The highest BCUT2D eigenvalue weighted by atomic mass is 32.2. The fourth-order valence-electron chi connectivity index (χ4n) is 5.91. The molecule has 0 aliphatic heterocycles. The summed E-state index contributed by atoms with van der Waals surface area (Å²) < 4.78 is 38.5. The molecule has 6 aromatic rings. The summed E-state index contributed by atoms with van der Waals surface area (Å²) in [6.07, 6.45) is 6.01. The van der Waals surface area contributed by atoms with Crippen LogP contribution in [0, 0.1) is 12.8 Å². The van der Waals surface area contributed by atoms with Crippen LogP contribution >= 0.6 is 0 Å². The molecule has 46 heavy (non-hydrogen) atoms. The van der Waals surface area contributed by atoms with Gasteiger partial charge in [-0.15, -0.1) is 0 Å². The summed E-state index contributed by atoms with van der Waals surface area (Å²) in [6.45, 7) is 2.15. The first-order chi connectivity index (χ1) is 22.1. The van der Waals surface area contributed by atoms with Crippen LogP contribution in [0.15, 0.2) is 94.9 Å². The Morgan fingerprint density at radius 2 is 1.72 bits per heavy atom. The van der Waals surface area contributed by atoms with Crippen molar-refractivity contribution < 1.29 is 17.9 Å². The Balaban J connectivity index is 1.41. The standard InChI is InChI=1S/C35H33N5O5S/c1-22-12-14-25(15-13-22)46(43,44)40-19-18-26-28(21-38(2)35(42)32(26)40)27-16-17-29-31(33(27)45-24-10-5-4-6-11-24)37-30(39(29)3)20-36-34(41)23-8-7-9-23/h4-6,10-19,21,23H,7-9,20H2,1-3H3,(H,36,41). The van der Waals surface area contributed by atoms with Crippen molar-refractivity contribution in [2.45, 2.75) is 37.6 Å². The number of carbonyl (C=O) groups excluding carboxylic acids is 1. The van der Waals surface area contributed by atoms with Gasteiger partial charge < -0.3 is 19.2 Å². The average Bonchev–Trinajstić information content (AvgIpc) is 3.61. The van der Waals surface area contributed by atoms with Gasteiger partial charge in [0, 0.05) is 48.9 Å². The monoisotopic (exact) mass is 635 g/mol. The minimum Gasteiger partial charge on any atom is -0.454 e. The lowest BCUT2D eigenvalue weighted by Gasteiger charge is -2.23. The third-order valence-corrected chi connectivity index (χ3v) is 10.5. The molecule has 1 aliphatic carbocycles. The number of ether oxygens (including phenoxy) is 1. The molecule has 1 saturated carbocycles. The summed E-state index contributed by atoms with van der Waals surface area (Å²) >= 11 is 0. The van der Waals surface area contributed by atoms with Gasteiger partial charge in [-0.05, 0) is 62.2 Å². The molecule has 3 aromatic carbocycles. The molecule has 11 heteroatoms. The van der Waals surface area contributed by atoms with Crippen molar-refractivity contribution in [3.05, 3.63) is 107 Å². The Labute approximate surface area is 265 Å². The van der Waals surface area contributed by atoms with E-state index in [-0.39, 0.29) is 28.8 Å². The van der Waals surface area contributed by atoms with Crippen LogP contribution in [0.5, 0.6) is 11.5 Å². The van der Waals surface area contributed by atoms with Crippen LogP contribution in [0.4, 0.5) is 0 Å². The Kier molecular flexibility index (Phi) is 7.28. The number of para-hydroxylation sites is 1. The summed E-state index contributed by atoms with van der Waals surface area (Å²) in [7, 11) is -0.575. The number of imidazole rings is 1. The van der Waals surface area contributed by atoms with Gasteiger partial charge in [-0.3, -0.25) is 9.59 Å². The van der Waals surface area contributed by atoms with E-state index in [1.807, 2.05) is 61.0 Å². The number of carbonyl (C=O) groups is 1. The molecular weight excluding hydrogens is 602 g/mol. The first-order valence-electron chi connectivity index (χ1n) is 15.2. The molecule has 7 rings (SSSR count).